The molecule has 0 aromatic heterocycles. The van der Waals surface area contributed by atoms with Gasteiger partial charge in [-0.15, -0.1) is 0 Å². The molecule has 2 saturated heterocycles. The molecule has 1 atom stereocenters. The van der Waals surface area contributed by atoms with E-state index in [4.69, 9.17) is 0 Å². The van der Waals surface area contributed by atoms with E-state index < -0.39 is 10.0 Å². The number of likely N-dealkylation sites (tertiary alicyclic amines) is 1. The predicted octanol–water partition coefficient (Wildman–Crippen LogP) is 3.77. The van der Waals surface area contributed by atoms with Gasteiger partial charge in [-0.2, -0.15) is 4.31 Å². The van der Waals surface area contributed by atoms with Crippen molar-refractivity contribution in [3.05, 3.63) is 65.5 Å². The van der Waals surface area contributed by atoms with E-state index in [9.17, 15) is 17.6 Å². The third-order valence-corrected chi connectivity index (χ3v) is 8.40. The number of halogens is 1. The first-order chi connectivity index (χ1) is 14.8. The Morgan fingerprint density at radius 1 is 1.03 bits per heavy atom. The zero-order valence-corrected chi connectivity index (χ0v) is 18.7. The summed E-state index contributed by atoms with van der Waals surface area (Å²) in [6.07, 6.45) is 3.60. The molecule has 0 spiro atoms. The van der Waals surface area contributed by atoms with Crippen molar-refractivity contribution in [2.45, 2.75) is 50.0 Å². The van der Waals surface area contributed by atoms with Crippen LogP contribution in [0.15, 0.2) is 53.4 Å². The fraction of sp³-hybridized carbons (Fsp3) is 0.458. The van der Waals surface area contributed by atoms with Gasteiger partial charge >= 0.3 is 0 Å². The Bertz CT molecular complexity index is 1030. The SMILES string of the molecule is Cc1ccc(S(=O)(=O)N2CCC(C(=O)N3CCCC3Cc3cccc(F)c3)CC2)cc1. The molecule has 2 heterocycles. The molecule has 166 valence electrons. The molecule has 0 N–H and O–H groups in total. The molecule has 0 aliphatic carbocycles. The third kappa shape index (κ3) is 4.83. The van der Waals surface area contributed by atoms with Crippen LogP contribution in [0.25, 0.3) is 0 Å². The summed E-state index contributed by atoms with van der Waals surface area (Å²) in [4.78, 5) is 15.5. The van der Waals surface area contributed by atoms with Crippen LogP contribution in [-0.2, 0) is 21.2 Å². The average Bonchev–Trinajstić information content (AvgIpc) is 3.21. The van der Waals surface area contributed by atoms with Crippen LogP contribution in [0.3, 0.4) is 0 Å². The van der Waals surface area contributed by atoms with Gasteiger partial charge in [-0.3, -0.25) is 4.79 Å². The Morgan fingerprint density at radius 2 is 1.74 bits per heavy atom. The number of rotatable bonds is 5. The molecular weight excluding hydrogens is 415 g/mol. The largest absolute Gasteiger partial charge is 0.339 e. The first kappa shape index (κ1) is 22.0. The Balaban J connectivity index is 1.38. The van der Waals surface area contributed by atoms with Gasteiger partial charge in [0.05, 0.1) is 4.90 Å². The molecule has 2 aromatic carbocycles. The van der Waals surface area contributed by atoms with Gasteiger partial charge < -0.3 is 4.90 Å². The van der Waals surface area contributed by atoms with Crippen molar-refractivity contribution in [3.63, 3.8) is 0 Å². The number of aryl methyl sites for hydroxylation is 1. The summed E-state index contributed by atoms with van der Waals surface area (Å²) in [6, 6.07) is 13.5. The number of sulfonamides is 1. The monoisotopic (exact) mass is 444 g/mol. The van der Waals surface area contributed by atoms with Gasteiger partial charge in [-0.05, 0) is 68.9 Å². The molecule has 0 saturated carbocycles. The summed E-state index contributed by atoms with van der Waals surface area (Å²) in [7, 11) is -3.53. The highest BCUT2D eigenvalue weighted by molar-refractivity contribution is 7.89. The summed E-state index contributed by atoms with van der Waals surface area (Å²) in [5.74, 6) is -0.292. The van der Waals surface area contributed by atoms with E-state index in [2.05, 4.69) is 0 Å². The second-order valence-electron chi connectivity index (χ2n) is 8.65. The number of hydrogen-bond acceptors (Lipinski definition) is 3. The highest BCUT2D eigenvalue weighted by Gasteiger charge is 2.37. The summed E-state index contributed by atoms with van der Waals surface area (Å²) >= 11 is 0. The van der Waals surface area contributed by atoms with Crippen LogP contribution in [0.4, 0.5) is 4.39 Å². The molecule has 7 heteroatoms. The number of amides is 1. The van der Waals surface area contributed by atoms with Crippen LogP contribution in [0, 0.1) is 18.7 Å². The molecule has 1 amide bonds. The zero-order chi connectivity index (χ0) is 22.0. The number of carbonyl (C=O) groups excluding carboxylic acids is 1. The highest BCUT2D eigenvalue weighted by Crippen LogP contribution is 2.29. The van der Waals surface area contributed by atoms with E-state index in [-0.39, 0.29) is 23.7 Å². The van der Waals surface area contributed by atoms with E-state index in [0.29, 0.717) is 37.2 Å². The average molecular weight is 445 g/mol. The lowest BCUT2D eigenvalue weighted by Crippen LogP contribution is -2.46. The van der Waals surface area contributed by atoms with Crippen LogP contribution in [0.2, 0.25) is 0 Å². The molecule has 2 aliphatic rings. The molecule has 2 aromatic rings. The van der Waals surface area contributed by atoms with Gasteiger partial charge in [0.1, 0.15) is 5.82 Å². The van der Waals surface area contributed by atoms with Crippen molar-refractivity contribution >= 4 is 15.9 Å². The second-order valence-corrected chi connectivity index (χ2v) is 10.6. The minimum Gasteiger partial charge on any atom is -0.339 e. The lowest BCUT2D eigenvalue weighted by molar-refractivity contribution is -0.137. The molecule has 0 radical (unpaired) electrons. The summed E-state index contributed by atoms with van der Waals surface area (Å²) in [5, 5.41) is 0. The zero-order valence-electron chi connectivity index (χ0n) is 17.8. The van der Waals surface area contributed by atoms with Gasteiger partial charge in [0, 0.05) is 31.6 Å². The Morgan fingerprint density at radius 3 is 2.42 bits per heavy atom. The van der Waals surface area contributed by atoms with E-state index in [1.165, 1.54) is 16.4 Å². The molecule has 2 fully saturated rings. The van der Waals surface area contributed by atoms with Gasteiger partial charge in [-0.25, -0.2) is 12.8 Å². The van der Waals surface area contributed by atoms with Crippen LogP contribution < -0.4 is 0 Å². The standard InChI is InChI=1S/C24H29FN2O3S/c1-18-7-9-23(10-8-18)31(29,30)26-14-11-20(12-15-26)24(28)27-13-3-6-22(27)17-19-4-2-5-21(25)16-19/h2,4-5,7-10,16,20,22H,3,6,11-15,17H2,1H3. The Hall–Kier alpha value is -2.25. The second kappa shape index (κ2) is 9.09. The van der Waals surface area contributed by atoms with Crippen LogP contribution in [0.1, 0.15) is 36.8 Å². The van der Waals surface area contributed by atoms with Crippen molar-refractivity contribution in [3.8, 4) is 0 Å². The lowest BCUT2D eigenvalue weighted by Gasteiger charge is -2.34. The van der Waals surface area contributed by atoms with Crippen molar-refractivity contribution in [1.82, 2.24) is 9.21 Å². The van der Waals surface area contributed by atoms with Crippen LogP contribution >= 0.6 is 0 Å². The molecular formula is C24H29FN2O3S. The summed E-state index contributed by atoms with van der Waals surface area (Å²) in [6.45, 7) is 3.36. The number of benzene rings is 2. The molecule has 5 nitrogen and oxygen atoms in total. The summed E-state index contributed by atoms with van der Waals surface area (Å²) < 4.78 is 40.9. The Kier molecular flexibility index (Phi) is 6.44. The summed E-state index contributed by atoms with van der Waals surface area (Å²) in [5.41, 5.74) is 1.92. The quantitative estimate of drug-likeness (QED) is 0.706. The van der Waals surface area contributed by atoms with Crippen molar-refractivity contribution in [1.29, 1.82) is 0 Å². The highest BCUT2D eigenvalue weighted by atomic mass is 32.2. The van der Waals surface area contributed by atoms with Gasteiger partial charge in [0.25, 0.3) is 0 Å². The third-order valence-electron chi connectivity index (χ3n) is 6.48. The first-order valence-electron chi connectivity index (χ1n) is 11.0. The Labute approximate surface area is 183 Å². The number of carbonyl (C=O) groups is 1. The minimum atomic E-state index is -3.53. The van der Waals surface area contributed by atoms with Gasteiger partial charge in [0.15, 0.2) is 0 Å². The number of piperidine rings is 1. The molecule has 1 unspecified atom stereocenters. The van der Waals surface area contributed by atoms with E-state index in [1.807, 2.05) is 17.9 Å². The molecule has 31 heavy (non-hydrogen) atoms. The maximum absolute atomic E-state index is 13.5. The fourth-order valence-corrected chi connectivity index (χ4v) is 6.18. The van der Waals surface area contributed by atoms with Crippen LogP contribution in [0.5, 0.6) is 0 Å². The van der Waals surface area contributed by atoms with Crippen molar-refractivity contribution in [2.24, 2.45) is 5.92 Å². The molecule has 2 aliphatic heterocycles. The predicted molar refractivity (Wildman–Crippen MR) is 118 cm³/mol. The maximum Gasteiger partial charge on any atom is 0.243 e. The topological polar surface area (TPSA) is 57.7 Å². The number of hydrogen-bond donors (Lipinski definition) is 0. The van der Waals surface area contributed by atoms with E-state index >= 15 is 0 Å². The van der Waals surface area contributed by atoms with Crippen LogP contribution in [-0.4, -0.2) is 49.2 Å². The fourth-order valence-electron chi connectivity index (χ4n) is 4.71. The lowest BCUT2D eigenvalue weighted by atomic mass is 9.95. The first-order valence-corrected chi connectivity index (χ1v) is 12.4. The van der Waals surface area contributed by atoms with Gasteiger partial charge in [0.2, 0.25) is 15.9 Å². The maximum atomic E-state index is 13.5. The molecule has 4 rings (SSSR count). The number of nitrogens with zero attached hydrogens (tertiary/aromatic N) is 2. The van der Waals surface area contributed by atoms with Crippen molar-refractivity contribution in [2.75, 3.05) is 19.6 Å². The minimum absolute atomic E-state index is 0.0867. The van der Waals surface area contributed by atoms with Gasteiger partial charge in [-0.1, -0.05) is 29.8 Å². The van der Waals surface area contributed by atoms with E-state index in [0.717, 1.165) is 30.5 Å². The molecule has 0 bridgehead atoms. The smallest absolute Gasteiger partial charge is 0.243 e. The van der Waals surface area contributed by atoms with Crippen molar-refractivity contribution < 1.29 is 17.6 Å². The normalized spacial score (nSPS) is 20.8. The van der Waals surface area contributed by atoms with E-state index in [1.54, 1.807) is 30.3 Å².